The molecule has 152 valence electrons. The molecular weight excluding hydrogens is 539 g/mol. The van der Waals surface area contributed by atoms with Crippen LogP contribution in [0.2, 0.25) is 0 Å². The Balaban J connectivity index is 0.00000261. The lowest BCUT2D eigenvalue weighted by Gasteiger charge is -2.43. The van der Waals surface area contributed by atoms with Gasteiger partial charge in [-0.15, -0.1) is 24.0 Å². The number of nitrogens with zero attached hydrogens (tertiary/aromatic N) is 3. The number of thioether (sulfide) groups is 1. The monoisotopic (exact) mass is 568 g/mol. The first-order chi connectivity index (χ1) is 12.6. The van der Waals surface area contributed by atoms with Crippen molar-refractivity contribution in [2.45, 2.75) is 18.5 Å². The zero-order valence-electron chi connectivity index (χ0n) is 16.1. The molecule has 3 rings (SSSR count). The summed E-state index contributed by atoms with van der Waals surface area (Å²) in [6.45, 7) is 5.53. The summed E-state index contributed by atoms with van der Waals surface area (Å²) in [7, 11) is 3.96. The first-order valence-electron chi connectivity index (χ1n) is 9.20. The summed E-state index contributed by atoms with van der Waals surface area (Å²) >= 11 is 5.71. The molecule has 0 aromatic heterocycles. The molecule has 1 N–H and O–H groups in total. The standard InChI is InChI=1S/C19H29BrN4OS.HI/c1-21-18(23(2)13-16-5-3-4-6-17(16)20)22-14-19(7-12-26-15-19)24-8-10-25-11-9-24;/h3-6H,7-15H2,1-2H3,(H,21,22);1H. The number of aliphatic imine (C=N–C) groups is 1. The van der Waals surface area contributed by atoms with Crippen molar-refractivity contribution in [2.24, 2.45) is 4.99 Å². The summed E-state index contributed by atoms with van der Waals surface area (Å²) in [5.74, 6) is 3.38. The van der Waals surface area contributed by atoms with Crippen molar-refractivity contribution < 1.29 is 4.74 Å². The van der Waals surface area contributed by atoms with Crippen molar-refractivity contribution in [3.8, 4) is 0 Å². The maximum atomic E-state index is 5.56. The van der Waals surface area contributed by atoms with Crippen molar-refractivity contribution in [3.63, 3.8) is 0 Å². The van der Waals surface area contributed by atoms with Gasteiger partial charge in [0, 0.05) is 56.0 Å². The van der Waals surface area contributed by atoms with Crippen molar-refractivity contribution in [3.05, 3.63) is 34.3 Å². The average Bonchev–Trinajstić information content (AvgIpc) is 3.15. The van der Waals surface area contributed by atoms with Crippen molar-refractivity contribution in [1.29, 1.82) is 0 Å². The fourth-order valence-electron chi connectivity index (χ4n) is 3.72. The Bertz CT molecular complexity index is 621. The van der Waals surface area contributed by atoms with Crippen LogP contribution in [0.15, 0.2) is 33.7 Å². The molecule has 2 heterocycles. The second-order valence-corrected chi connectivity index (χ2v) is 8.93. The molecule has 1 atom stereocenters. The van der Waals surface area contributed by atoms with E-state index in [0.29, 0.717) is 0 Å². The number of hydrogen-bond donors (Lipinski definition) is 1. The molecule has 1 aromatic rings. The molecule has 0 radical (unpaired) electrons. The Kier molecular flexibility index (Phi) is 9.67. The lowest BCUT2D eigenvalue weighted by Crippen LogP contribution is -2.60. The van der Waals surface area contributed by atoms with E-state index in [2.05, 4.69) is 73.0 Å². The molecule has 2 aliphatic heterocycles. The highest BCUT2D eigenvalue weighted by molar-refractivity contribution is 14.0. The van der Waals surface area contributed by atoms with Gasteiger partial charge >= 0.3 is 0 Å². The molecule has 5 nitrogen and oxygen atoms in total. The van der Waals surface area contributed by atoms with Gasteiger partial charge < -0.3 is 15.0 Å². The third kappa shape index (κ3) is 5.98. The Labute approximate surface area is 192 Å². The molecular formula is C19H30BrIN4OS. The minimum atomic E-state index is 0. The van der Waals surface area contributed by atoms with Gasteiger partial charge in [0.05, 0.1) is 13.2 Å². The van der Waals surface area contributed by atoms with E-state index in [9.17, 15) is 0 Å². The molecule has 1 aromatic carbocycles. The van der Waals surface area contributed by atoms with Gasteiger partial charge in [-0.1, -0.05) is 34.1 Å². The highest BCUT2D eigenvalue weighted by atomic mass is 127. The SMILES string of the molecule is CN=C(NCC1(N2CCOCC2)CCSC1)N(C)Cc1ccccc1Br.I. The summed E-state index contributed by atoms with van der Waals surface area (Å²) in [6, 6.07) is 8.36. The second kappa shape index (κ2) is 11.2. The van der Waals surface area contributed by atoms with E-state index in [4.69, 9.17) is 4.74 Å². The first kappa shape index (κ1) is 23.3. The maximum absolute atomic E-state index is 5.56. The molecule has 8 heteroatoms. The van der Waals surface area contributed by atoms with Gasteiger partial charge in [-0.3, -0.25) is 9.89 Å². The van der Waals surface area contributed by atoms with Crippen molar-refractivity contribution >= 4 is 57.6 Å². The molecule has 0 amide bonds. The van der Waals surface area contributed by atoms with E-state index in [1.165, 1.54) is 23.5 Å². The molecule has 0 saturated carbocycles. The molecule has 0 bridgehead atoms. The van der Waals surface area contributed by atoms with Crippen LogP contribution in [-0.4, -0.2) is 79.7 Å². The van der Waals surface area contributed by atoms with Gasteiger partial charge in [-0.2, -0.15) is 11.8 Å². The van der Waals surface area contributed by atoms with E-state index in [-0.39, 0.29) is 29.5 Å². The minimum absolute atomic E-state index is 0. The smallest absolute Gasteiger partial charge is 0.193 e. The normalized spacial score (nSPS) is 23.7. The van der Waals surface area contributed by atoms with E-state index in [0.717, 1.165) is 49.8 Å². The predicted octanol–water partition coefficient (Wildman–Crippen LogP) is 3.28. The lowest BCUT2D eigenvalue weighted by molar-refractivity contribution is -0.0121. The van der Waals surface area contributed by atoms with Crippen LogP contribution in [0.1, 0.15) is 12.0 Å². The third-order valence-corrected chi connectivity index (χ3v) is 7.29. The number of nitrogens with one attached hydrogen (secondary N) is 1. The van der Waals surface area contributed by atoms with E-state index < -0.39 is 0 Å². The molecule has 2 aliphatic rings. The zero-order valence-corrected chi connectivity index (χ0v) is 20.9. The molecule has 1 unspecified atom stereocenters. The Morgan fingerprint density at radius 1 is 1.37 bits per heavy atom. The molecule has 2 fully saturated rings. The fourth-order valence-corrected chi connectivity index (χ4v) is 5.61. The number of benzene rings is 1. The van der Waals surface area contributed by atoms with Gasteiger partial charge in [-0.05, 0) is 23.8 Å². The summed E-state index contributed by atoms with van der Waals surface area (Å²) in [5, 5.41) is 3.65. The van der Waals surface area contributed by atoms with Crippen molar-refractivity contribution in [2.75, 3.05) is 58.4 Å². The van der Waals surface area contributed by atoms with Crippen LogP contribution in [0.4, 0.5) is 0 Å². The maximum Gasteiger partial charge on any atom is 0.193 e. The number of ether oxygens (including phenoxy) is 1. The Morgan fingerprint density at radius 2 is 2.11 bits per heavy atom. The van der Waals surface area contributed by atoms with Gasteiger partial charge in [0.25, 0.3) is 0 Å². The van der Waals surface area contributed by atoms with Crippen LogP contribution in [0.5, 0.6) is 0 Å². The number of morpholine rings is 1. The summed E-state index contributed by atoms with van der Waals surface area (Å²) in [5.41, 5.74) is 1.48. The van der Waals surface area contributed by atoms with Gasteiger partial charge in [0.15, 0.2) is 5.96 Å². The molecule has 0 spiro atoms. The van der Waals surface area contributed by atoms with Crippen LogP contribution < -0.4 is 5.32 Å². The van der Waals surface area contributed by atoms with E-state index in [1.54, 1.807) is 0 Å². The summed E-state index contributed by atoms with van der Waals surface area (Å²) < 4.78 is 6.70. The van der Waals surface area contributed by atoms with Crippen LogP contribution >= 0.6 is 51.7 Å². The summed E-state index contributed by atoms with van der Waals surface area (Å²) in [4.78, 5) is 9.34. The number of guanidine groups is 1. The lowest BCUT2D eigenvalue weighted by atomic mass is 9.95. The van der Waals surface area contributed by atoms with Gasteiger partial charge in [0.2, 0.25) is 0 Å². The quantitative estimate of drug-likeness (QED) is 0.335. The van der Waals surface area contributed by atoms with Crippen LogP contribution in [0.25, 0.3) is 0 Å². The van der Waals surface area contributed by atoms with Crippen LogP contribution in [0, 0.1) is 0 Å². The van der Waals surface area contributed by atoms with Crippen molar-refractivity contribution in [1.82, 2.24) is 15.1 Å². The molecule has 0 aliphatic carbocycles. The number of halogens is 2. The summed E-state index contributed by atoms with van der Waals surface area (Å²) in [6.07, 6.45) is 1.23. The van der Waals surface area contributed by atoms with Gasteiger partial charge in [0.1, 0.15) is 0 Å². The first-order valence-corrected chi connectivity index (χ1v) is 11.2. The van der Waals surface area contributed by atoms with Gasteiger partial charge in [-0.25, -0.2) is 0 Å². The Hall–Kier alpha value is -0.0300. The average molecular weight is 569 g/mol. The highest BCUT2D eigenvalue weighted by Gasteiger charge is 2.40. The molecule has 27 heavy (non-hydrogen) atoms. The largest absolute Gasteiger partial charge is 0.379 e. The highest BCUT2D eigenvalue weighted by Crippen LogP contribution is 2.33. The zero-order chi connectivity index (χ0) is 18.4. The van der Waals surface area contributed by atoms with Crippen LogP contribution in [0.3, 0.4) is 0 Å². The predicted molar refractivity (Wildman–Crippen MR) is 129 cm³/mol. The number of hydrogen-bond acceptors (Lipinski definition) is 4. The minimum Gasteiger partial charge on any atom is -0.379 e. The second-order valence-electron chi connectivity index (χ2n) is 6.97. The Morgan fingerprint density at radius 3 is 2.74 bits per heavy atom. The topological polar surface area (TPSA) is 40.1 Å². The molecule has 2 saturated heterocycles. The number of rotatable bonds is 5. The van der Waals surface area contributed by atoms with E-state index in [1.807, 2.05) is 13.1 Å². The van der Waals surface area contributed by atoms with E-state index >= 15 is 0 Å². The van der Waals surface area contributed by atoms with Crippen LogP contribution in [-0.2, 0) is 11.3 Å². The fraction of sp³-hybridized carbons (Fsp3) is 0.632. The third-order valence-electron chi connectivity index (χ3n) is 5.28.